The van der Waals surface area contributed by atoms with E-state index in [1.165, 1.54) is 31.4 Å². The van der Waals surface area contributed by atoms with Crippen molar-refractivity contribution < 1.29 is 17.9 Å². The molecule has 0 radical (unpaired) electrons. The summed E-state index contributed by atoms with van der Waals surface area (Å²) in [6.45, 7) is 0. The molecule has 2 rings (SSSR count). The van der Waals surface area contributed by atoms with Crippen molar-refractivity contribution in [3.05, 3.63) is 52.2 Å². The molecular formula is C15H14O4S2. The lowest BCUT2D eigenvalue weighted by Gasteiger charge is -2.07. The van der Waals surface area contributed by atoms with Crippen LogP contribution in [0.2, 0.25) is 0 Å². The van der Waals surface area contributed by atoms with Gasteiger partial charge in [0.25, 0.3) is 0 Å². The van der Waals surface area contributed by atoms with Gasteiger partial charge in [0.2, 0.25) is 0 Å². The second-order valence-corrected chi connectivity index (χ2v) is 7.16. The Hall–Kier alpha value is -1.92. The van der Waals surface area contributed by atoms with Crippen LogP contribution in [0.1, 0.15) is 15.9 Å². The second kappa shape index (κ2) is 6.24. The highest BCUT2D eigenvalue weighted by Gasteiger charge is 2.16. The first-order valence-electron chi connectivity index (χ1n) is 6.04. The van der Waals surface area contributed by atoms with Gasteiger partial charge in [0, 0.05) is 11.8 Å². The lowest BCUT2D eigenvalue weighted by molar-refractivity contribution is 0.104. The Labute approximate surface area is 127 Å². The van der Waals surface area contributed by atoms with E-state index in [1.54, 1.807) is 17.4 Å². The summed E-state index contributed by atoms with van der Waals surface area (Å²) in [5.74, 6) is -0.0353. The molecule has 0 saturated carbocycles. The molecule has 0 N–H and O–H groups in total. The summed E-state index contributed by atoms with van der Waals surface area (Å²) in [6.07, 6.45) is 4.27. The van der Waals surface area contributed by atoms with Crippen molar-refractivity contribution in [2.24, 2.45) is 0 Å². The Bertz CT molecular complexity index is 772. The summed E-state index contributed by atoms with van der Waals surface area (Å²) < 4.78 is 28.3. The number of allylic oxidation sites excluding steroid dienone is 1. The van der Waals surface area contributed by atoms with E-state index in [1.807, 2.05) is 16.8 Å². The van der Waals surface area contributed by atoms with Gasteiger partial charge in [0.1, 0.15) is 10.6 Å². The Balaban J connectivity index is 2.31. The van der Waals surface area contributed by atoms with Crippen LogP contribution in [0.5, 0.6) is 5.75 Å². The van der Waals surface area contributed by atoms with Crippen LogP contribution in [-0.2, 0) is 9.84 Å². The van der Waals surface area contributed by atoms with Gasteiger partial charge in [0.15, 0.2) is 15.6 Å². The van der Waals surface area contributed by atoms with Crippen molar-refractivity contribution in [1.82, 2.24) is 0 Å². The molecule has 0 saturated heterocycles. The summed E-state index contributed by atoms with van der Waals surface area (Å²) in [5, 5.41) is 3.85. The largest absolute Gasteiger partial charge is 0.495 e. The van der Waals surface area contributed by atoms with Crippen molar-refractivity contribution in [1.29, 1.82) is 0 Å². The fourth-order valence-corrected chi connectivity index (χ4v) is 3.22. The van der Waals surface area contributed by atoms with Crippen LogP contribution >= 0.6 is 11.3 Å². The number of carbonyl (C=O) groups excluding carboxylic acids is 1. The Kier molecular flexibility index (Phi) is 4.59. The van der Waals surface area contributed by atoms with Crippen molar-refractivity contribution >= 4 is 33.0 Å². The summed E-state index contributed by atoms with van der Waals surface area (Å²) >= 11 is 1.55. The highest BCUT2D eigenvalue weighted by molar-refractivity contribution is 7.90. The first kappa shape index (κ1) is 15.5. The molecule has 1 aromatic heterocycles. The number of carbonyl (C=O) groups is 1. The molecule has 0 atom stereocenters. The number of ketones is 1. The molecule has 0 amide bonds. The number of hydrogen-bond acceptors (Lipinski definition) is 5. The molecule has 0 fully saturated rings. The Morgan fingerprint density at radius 1 is 1.29 bits per heavy atom. The van der Waals surface area contributed by atoms with E-state index in [4.69, 9.17) is 4.74 Å². The van der Waals surface area contributed by atoms with Crippen LogP contribution in [0.3, 0.4) is 0 Å². The van der Waals surface area contributed by atoms with Crippen LogP contribution in [0.4, 0.5) is 0 Å². The minimum absolute atomic E-state index is 0.0726. The van der Waals surface area contributed by atoms with Crippen molar-refractivity contribution in [3.63, 3.8) is 0 Å². The molecule has 2 aromatic rings. The zero-order valence-corrected chi connectivity index (χ0v) is 13.2. The van der Waals surface area contributed by atoms with Crippen LogP contribution in [-0.4, -0.2) is 27.6 Å². The standard InChI is InChI=1S/C15H14O4S2/c1-19-14-9-12(4-6-15(14)21(2,17)18)13(16)5-3-11-7-8-20-10-11/h3-10H,1-2H3/b5-3-. The van der Waals surface area contributed by atoms with Gasteiger partial charge >= 0.3 is 0 Å². The summed E-state index contributed by atoms with van der Waals surface area (Å²) in [5.41, 5.74) is 1.33. The van der Waals surface area contributed by atoms with Crippen LogP contribution in [0.15, 0.2) is 46.0 Å². The maximum absolute atomic E-state index is 12.1. The van der Waals surface area contributed by atoms with E-state index in [0.29, 0.717) is 5.56 Å². The third-order valence-corrected chi connectivity index (χ3v) is 4.66. The zero-order valence-electron chi connectivity index (χ0n) is 11.6. The van der Waals surface area contributed by atoms with Gasteiger partial charge in [-0.25, -0.2) is 8.42 Å². The molecule has 1 heterocycles. The number of ether oxygens (including phenoxy) is 1. The van der Waals surface area contributed by atoms with Gasteiger partial charge in [-0.15, -0.1) is 0 Å². The summed E-state index contributed by atoms with van der Waals surface area (Å²) in [4.78, 5) is 12.2. The van der Waals surface area contributed by atoms with E-state index in [2.05, 4.69) is 0 Å². The maximum atomic E-state index is 12.1. The van der Waals surface area contributed by atoms with E-state index in [-0.39, 0.29) is 16.4 Å². The van der Waals surface area contributed by atoms with Gasteiger partial charge < -0.3 is 4.74 Å². The molecule has 0 aliphatic heterocycles. The molecule has 1 aromatic carbocycles. The molecule has 21 heavy (non-hydrogen) atoms. The molecule has 0 aliphatic rings. The molecule has 110 valence electrons. The minimum Gasteiger partial charge on any atom is -0.495 e. The van der Waals surface area contributed by atoms with Crippen LogP contribution < -0.4 is 4.74 Å². The molecule has 0 spiro atoms. The SMILES string of the molecule is COc1cc(C(=O)/C=C\c2ccsc2)ccc1S(C)(=O)=O. The lowest BCUT2D eigenvalue weighted by Crippen LogP contribution is -2.03. The molecule has 0 aliphatic carbocycles. The van der Waals surface area contributed by atoms with Gasteiger partial charge in [-0.1, -0.05) is 6.08 Å². The molecule has 4 nitrogen and oxygen atoms in total. The average Bonchev–Trinajstić information content (AvgIpc) is 2.96. The predicted octanol–water partition coefficient (Wildman–Crippen LogP) is 3.06. The minimum atomic E-state index is -3.39. The Morgan fingerprint density at radius 2 is 2.05 bits per heavy atom. The van der Waals surface area contributed by atoms with E-state index >= 15 is 0 Å². The monoisotopic (exact) mass is 322 g/mol. The van der Waals surface area contributed by atoms with Crippen molar-refractivity contribution in [3.8, 4) is 5.75 Å². The number of hydrogen-bond donors (Lipinski definition) is 0. The predicted molar refractivity (Wildman–Crippen MR) is 83.8 cm³/mol. The van der Waals surface area contributed by atoms with Crippen LogP contribution in [0.25, 0.3) is 6.08 Å². The van der Waals surface area contributed by atoms with Gasteiger partial charge in [0.05, 0.1) is 7.11 Å². The summed E-state index contributed by atoms with van der Waals surface area (Å²) in [7, 11) is -2.01. The topological polar surface area (TPSA) is 60.4 Å². The highest BCUT2D eigenvalue weighted by Crippen LogP contribution is 2.25. The first-order chi connectivity index (χ1) is 9.91. The van der Waals surface area contributed by atoms with E-state index in [9.17, 15) is 13.2 Å². The molecule has 6 heteroatoms. The Morgan fingerprint density at radius 3 is 2.62 bits per heavy atom. The molecule has 0 bridgehead atoms. The fourth-order valence-electron chi connectivity index (χ4n) is 1.77. The van der Waals surface area contributed by atoms with Gasteiger partial charge in [-0.05, 0) is 46.7 Å². The first-order valence-corrected chi connectivity index (χ1v) is 8.88. The van der Waals surface area contributed by atoms with Gasteiger partial charge in [-0.2, -0.15) is 11.3 Å². The van der Waals surface area contributed by atoms with Crippen LogP contribution in [0, 0.1) is 0 Å². The summed E-state index contributed by atoms with van der Waals surface area (Å²) in [6, 6.07) is 6.22. The zero-order chi connectivity index (χ0) is 15.5. The van der Waals surface area contributed by atoms with E-state index < -0.39 is 9.84 Å². The lowest BCUT2D eigenvalue weighted by atomic mass is 10.1. The quantitative estimate of drug-likeness (QED) is 0.627. The number of benzene rings is 1. The second-order valence-electron chi connectivity index (χ2n) is 4.39. The third kappa shape index (κ3) is 3.80. The number of rotatable bonds is 5. The molecule has 0 unspecified atom stereocenters. The number of methoxy groups -OCH3 is 1. The number of sulfone groups is 1. The fraction of sp³-hybridized carbons (Fsp3) is 0.133. The third-order valence-electron chi connectivity index (χ3n) is 2.82. The van der Waals surface area contributed by atoms with Gasteiger partial charge in [-0.3, -0.25) is 4.79 Å². The molecular weight excluding hydrogens is 308 g/mol. The number of thiophene rings is 1. The van der Waals surface area contributed by atoms with E-state index in [0.717, 1.165) is 11.8 Å². The van der Waals surface area contributed by atoms with Crippen molar-refractivity contribution in [2.45, 2.75) is 4.90 Å². The normalized spacial score (nSPS) is 11.7. The maximum Gasteiger partial charge on any atom is 0.185 e. The van der Waals surface area contributed by atoms with Crippen molar-refractivity contribution in [2.75, 3.05) is 13.4 Å². The smallest absolute Gasteiger partial charge is 0.185 e. The highest BCUT2D eigenvalue weighted by atomic mass is 32.2. The average molecular weight is 322 g/mol.